The van der Waals surface area contributed by atoms with Crippen LogP contribution in [0.2, 0.25) is 7.44 Å². The van der Waals surface area contributed by atoms with Gasteiger partial charge in [-0.1, -0.05) is 0 Å². The molecule has 0 bridgehead atoms. The summed E-state index contributed by atoms with van der Waals surface area (Å²) >= 11 is -3.11. The van der Waals surface area contributed by atoms with E-state index in [0.29, 0.717) is 0 Å². The van der Waals surface area contributed by atoms with Crippen molar-refractivity contribution in [2.75, 3.05) is 0 Å². The van der Waals surface area contributed by atoms with Crippen LogP contribution in [0.4, 0.5) is 0 Å². The van der Waals surface area contributed by atoms with Crippen LogP contribution >= 0.6 is 0 Å². The van der Waals surface area contributed by atoms with E-state index in [0.717, 1.165) is 0 Å². The third-order valence-corrected chi connectivity index (χ3v) is 17.5. The van der Waals surface area contributed by atoms with Crippen LogP contribution < -0.4 is 7.74 Å². The molecule has 2 aromatic rings. The Bertz CT molecular complexity index is 880. The van der Waals surface area contributed by atoms with E-state index in [4.69, 9.17) is 0 Å². The second kappa shape index (κ2) is 6.62. The van der Waals surface area contributed by atoms with E-state index < -0.39 is 16.6 Å². The van der Waals surface area contributed by atoms with Gasteiger partial charge in [-0.15, -0.1) is 0 Å². The van der Waals surface area contributed by atoms with Crippen LogP contribution in [0.25, 0.3) is 0 Å². The van der Waals surface area contributed by atoms with Gasteiger partial charge in [0, 0.05) is 0 Å². The van der Waals surface area contributed by atoms with Crippen LogP contribution in [0, 0.1) is 0 Å². The van der Waals surface area contributed by atoms with Gasteiger partial charge < -0.3 is 0 Å². The van der Waals surface area contributed by atoms with E-state index in [1.807, 2.05) is 0 Å². The Kier molecular flexibility index (Phi) is 4.53. The van der Waals surface area contributed by atoms with E-state index in [-0.39, 0.29) is 7.44 Å². The van der Waals surface area contributed by atoms with Gasteiger partial charge in [0.25, 0.3) is 0 Å². The summed E-state index contributed by atoms with van der Waals surface area (Å²) in [5.74, 6) is 0. The SMILES string of the molecule is CC1=CC=C[C]1(C)[Ti]([c]1ccccc1)([c]1ccccc1)[C]1(C)C=CC=C1C. The van der Waals surface area contributed by atoms with Gasteiger partial charge in [0.1, 0.15) is 0 Å². The van der Waals surface area contributed by atoms with Crippen molar-refractivity contribution < 1.29 is 16.6 Å². The minimum atomic E-state index is -3.11. The summed E-state index contributed by atoms with van der Waals surface area (Å²) in [6.45, 7) is 9.64. The van der Waals surface area contributed by atoms with Gasteiger partial charge in [-0.05, 0) is 0 Å². The quantitative estimate of drug-likeness (QED) is 0.549. The molecule has 0 saturated carbocycles. The van der Waals surface area contributed by atoms with E-state index in [1.54, 1.807) is 7.74 Å². The molecule has 0 fully saturated rings. The second-order valence-corrected chi connectivity index (χ2v) is 15.7. The zero-order valence-electron chi connectivity index (χ0n) is 16.7. The topological polar surface area (TPSA) is 0 Å². The molecule has 2 atom stereocenters. The van der Waals surface area contributed by atoms with Gasteiger partial charge in [-0.25, -0.2) is 0 Å². The van der Waals surface area contributed by atoms with Crippen molar-refractivity contribution in [3.05, 3.63) is 108 Å². The number of benzene rings is 2. The third kappa shape index (κ3) is 2.40. The van der Waals surface area contributed by atoms with E-state index >= 15 is 0 Å². The Balaban J connectivity index is 2.18. The molecular formula is C26H28Ti. The molecule has 0 aliphatic heterocycles. The van der Waals surface area contributed by atoms with E-state index in [1.165, 1.54) is 11.1 Å². The zero-order valence-corrected chi connectivity index (χ0v) is 18.3. The summed E-state index contributed by atoms with van der Waals surface area (Å²) in [5, 5.41) is 0. The van der Waals surface area contributed by atoms with Crippen molar-refractivity contribution in [2.45, 2.75) is 35.1 Å². The molecular weight excluding hydrogens is 360 g/mol. The normalized spacial score (nSPS) is 27.0. The molecule has 2 aliphatic carbocycles. The summed E-state index contributed by atoms with van der Waals surface area (Å²) in [6, 6.07) is 22.7. The van der Waals surface area contributed by atoms with Gasteiger partial charge in [-0.2, -0.15) is 0 Å². The Morgan fingerprint density at radius 1 is 0.593 bits per heavy atom. The van der Waals surface area contributed by atoms with Crippen molar-refractivity contribution in [1.29, 1.82) is 0 Å². The Morgan fingerprint density at radius 2 is 0.963 bits per heavy atom. The third-order valence-electron chi connectivity index (χ3n) is 7.16. The summed E-state index contributed by atoms with van der Waals surface area (Å²) in [6.07, 6.45) is 14.2. The molecule has 2 aromatic carbocycles. The van der Waals surface area contributed by atoms with Crippen LogP contribution in [0.5, 0.6) is 0 Å². The molecule has 0 spiro atoms. The number of hydrogen-bond donors (Lipinski definition) is 0. The van der Waals surface area contributed by atoms with Gasteiger partial charge >= 0.3 is 168 Å². The van der Waals surface area contributed by atoms with Gasteiger partial charge in [0.05, 0.1) is 0 Å². The fraction of sp³-hybridized carbons (Fsp3) is 0.231. The number of rotatable bonds is 4. The molecule has 0 amide bonds. The second-order valence-electron chi connectivity index (χ2n) is 8.30. The molecule has 4 rings (SSSR count). The van der Waals surface area contributed by atoms with Gasteiger partial charge in [0.15, 0.2) is 0 Å². The average Bonchev–Trinajstić information content (AvgIpc) is 3.20. The van der Waals surface area contributed by atoms with Crippen LogP contribution in [0.15, 0.2) is 108 Å². The first-order chi connectivity index (χ1) is 13.0. The Morgan fingerprint density at radius 3 is 1.26 bits per heavy atom. The molecule has 0 nitrogen and oxygen atoms in total. The van der Waals surface area contributed by atoms with Gasteiger partial charge in [0.2, 0.25) is 0 Å². The maximum absolute atomic E-state index is 3.11. The first-order valence-electron chi connectivity index (χ1n) is 9.81. The van der Waals surface area contributed by atoms with Crippen molar-refractivity contribution in [2.24, 2.45) is 0 Å². The van der Waals surface area contributed by atoms with Crippen LogP contribution in [-0.2, 0) is 16.6 Å². The molecule has 2 unspecified atom stereocenters. The average molecular weight is 388 g/mol. The fourth-order valence-corrected chi connectivity index (χ4v) is 16.8. The maximum atomic E-state index is 2.49. The molecule has 136 valence electrons. The molecule has 0 radical (unpaired) electrons. The summed E-state index contributed by atoms with van der Waals surface area (Å²) in [4.78, 5) is 0. The van der Waals surface area contributed by atoms with Crippen molar-refractivity contribution in [1.82, 2.24) is 0 Å². The molecule has 1 heteroatoms. The van der Waals surface area contributed by atoms with Crippen LogP contribution in [-0.4, -0.2) is 0 Å². The molecule has 0 saturated heterocycles. The summed E-state index contributed by atoms with van der Waals surface area (Å²) < 4.78 is 3.21. The molecule has 2 aliphatic rings. The van der Waals surface area contributed by atoms with Crippen molar-refractivity contribution in [3.8, 4) is 0 Å². The first kappa shape index (κ1) is 18.5. The van der Waals surface area contributed by atoms with E-state index in [2.05, 4.69) is 125 Å². The molecule has 0 aromatic heterocycles. The van der Waals surface area contributed by atoms with Crippen LogP contribution in [0.1, 0.15) is 27.7 Å². The Hall–Kier alpha value is -1.89. The standard InChI is InChI=1S/2C7H9.2C6H5.Ti/c2*1-6-4-3-5-7(6)2;2*1-2-4-6-5-3-1;/h2*3-5H,1-2H3;2*1-5H;. The summed E-state index contributed by atoms with van der Waals surface area (Å²) in [5.41, 5.74) is 2.98. The molecule has 0 N–H and O–H groups in total. The van der Waals surface area contributed by atoms with Gasteiger partial charge in [-0.3, -0.25) is 0 Å². The first-order valence-corrected chi connectivity index (χ1v) is 12.9. The molecule has 0 heterocycles. The number of hydrogen-bond acceptors (Lipinski definition) is 0. The van der Waals surface area contributed by atoms with Crippen molar-refractivity contribution in [3.63, 3.8) is 0 Å². The van der Waals surface area contributed by atoms with E-state index in [9.17, 15) is 0 Å². The zero-order chi connectivity index (χ0) is 19.1. The fourth-order valence-electron chi connectivity index (χ4n) is 5.50. The Labute approximate surface area is 167 Å². The summed E-state index contributed by atoms with van der Waals surface area (Å²) in [7, 11) is 0. The molecule has 27 heavy (non-hydrogen) atoms. The predicted molar refractivity (Wildman–Crippen MR) is 115 cm³/mol. The van der Waals surface area contributed by atoms with Crippen LogP contribution in [0.3, 0.4) is 0 Å². The predicted octanol–water partition coefficient (Wildman–Crippen LogP) is 6.18. The van der Waals surface area contributed by atoms with Crippen molar-refractivity contribution >= 4 is 7.74 Å². The monoisotopic (exact) mass is 388 g/mol. The minimum absolute atomic E-state index is 0.0568. The number of allylic oxidation sites excluding steroid dienone is 8.